The topological polar surface area (TPSA) is 92.2 Å². The van der Waals surface area contributed by atoms with Crippen LogP contribution in [0.5, 0.6) is 0 Å². The number of carbonyl (C=O) groups excluding carboxylic acids is 2. The summed E-state index contributed by atoms with van der Waals surface area (Å²) in [4.78, 5) is 35.9. The highest BCUT2D eigenvalue weighted by molar-refractivity contribution is 6.62. The van der Waals surface area contributed by atoms with Gasteiger partial charge < -0.3 is 10.3 Å². The summed E-state index contributed by atoms with van der Waals surface area (Å²) < 4.78 is 4.74. The van der Waals surface area contributed by atoms with E-state index in [2.05, 4.69) is 4.79 Å². The van der Waals surface area contributed by atoms with Crippen molar-refractivity contribution in [2.45, 2.75) is 12.1 Å². The van der Waals surface area contributed by atoms with E-state index in [0.717, 1.165) is 34.7 Å². The molecule has 1 aliphatic heterocycles. The van der Waals surface area contributed by atoms with Gasteiger partial charge in [-0.25, -0.2) is 9.86 Å². The summed E-state index contributed by atoms with van der Waals surface area (Å²) in [5, 5.41) is 3.66. The molecule has 0 amide bonds. The molecular formula is C29H23N3O4. The summed E-state index contributed by atoms with van der Waals surface area (Å²) in [6, 6.07) is 31.9. The Morgan fingerprint density at radius 2 is 1.50 bits per heavy atom. The molecule has 0 saturated carbocycles. The minimum Gasteiger partial charge on any atom is -0.460 e. The number of hydrogen-bond acceptors (Lipinski definition) is 5. The number of hydrogen-bond donors (Lipinski definition) is 0. The smallest absolute Gasteiger partial charge is 0.441 e. The molecule has 36 heavy (non-hydrogen) atoms. The minimum absolute atomic E-state index is 0.641. The predicted molar refractivity (Wildman–Crippen MR) is 135 cm³/mol. The second-order valence-electron chi connectivity index (χ2n) is 8.44. The van der Waals surface area contributed by atoms with Crippen molar-refractivity contribution in [3.8, 4) is 0 Å². The van der Waals surface area contributed by atoms with E-state index in [4.69, 9.17) is 9.57 Å². The quantitative estimate of drug-likeness (QED) is 0.127. The highest BCUT2D eigenvalue weighted by atomic mass is 16.7. The molecule has 0 radical (unpaired) electrons. The van der Waals surface area contributed by atoms with Gasteiger partial charge in [0.05, 0.1) is 24.8 Å². The molecule has 1 aliphatic rings. The van der Waals surface area contributed by atoms with Gasteiger partial charge in [-0.2, -0.15) is 4.79 Å². The molecule has 0 aromatic heterocycles. The van der Waals surface area contributed by atoms with Crippen molar-refractivity contribution >= 4 is 33.9 Å². The lowest BCUT2D eigenvalue weighted by Crippen LogP contribution is -2.37. The van der Waals surface area contributed by atoms with Gasteiger partial charge >= 0.3 is 11.7 Å². The lowest BCUT2D eigenvalue weighted by molar-refractivity contribution is -0.140. The Hall–Kier alpha value is -4.58. The van der Waals surface area contributed by atoms with Crippen molar-refractivity contribution in [1.29, 1.82) is 0 Å². The molecule has 4 aromatic rings. The average molecular weight is 478 g/mol. The number of ether oxygens (including phenoxy) is 1. The van der Waals surface area contributed by atoms with Gasteiger partial charge in [0.2, 0.25) is 0 Å². The molecule has 1 fully saturated rings. The van der Waals surface area contributed by atoms with Crippen LogP contribution in [0.4, 0.5) is 5.69 Å². The van der Waals surface area contributed by atoms with Crippen LogP contribution in [0, 0.1) is 5.92 Å². The van der Waals surface area contributed by atoms with E-state index in [1.807, 2.05) is 103 Å². The summed E-state index contributed by atoms with van der Waals surface area (Å²) in [6.45, 7) is 0. The standard InChI is InChI=1S/C29H23N3O4/c1-35-29(34)25(31-30)27(33)24-26(23-18-10-14-19-11-8-9-17-22(19)23)32(21-15-6-3-7-16-21)36-28(24)20-12-4-2-5-13-20/h2-18,24,26,28H,1H3/t24-,26-,28-/m0/s1. The molecule has 0 unspecified atom stereocenters. The number of benzene rings is 4. The minimum atomic E-state index is -1.01. The molecule has 0 aliphatic carbocycles. The summed E-state index contributed by atoms with van der Waals surface area (Å²) in [5.74, 6) is -2.61. The van der Waals surface area contributed by atoms with Crippen LogP contribution in [0.1, 0.15) is 23.3 Å². The van der Waals surface area contributed by atoms with E-state index in [0.29, 0.717) is 0 Å². The molecular weight excluding hydrogens is 454 g/mol. The third-order valence-electron chi connectivity index (χ3n) is 6.44. The Bertz CT molecular complexity index is 1460. The molecule has 7 heteroatoms. The number of Topliss-reactive ketones (excluding diaryl/α,β-unsaturated/α-hetero) is 1. The fourth-order valence-electron chi connectivity index (χ4n) is 4.83. The first-order chi connectivity index (χ1) is 17.6. The van der Waals surface area contributed by atoms with Gasteiger partial charge in [-0.3, -0.25) is 9.63 Å². The Morgan fingerprint density at radius 3 is 2.19 bits per heavy atom. The van der Waals surface area contributed by atoms with E-state index in [1.165, 1.54) is 0 Å². The van der Waals surface area contributed by atoms with Crippen LogP contribution in [-0.4, -0.2) is 29.4 Å². The van der Waals surface area contributed by atoms with Crippen molar-refractivity contribution in [3.63, 3.8) is 0 Å². The number of anilines is 1. The number of rotatable bonds is 6. The van der Waals surface area contributed by atoms with Crippen molar-refractivity contribution in [3.05, 3.63) is 120 Å². The van der Waals surface area contributed by atoms with Crippen LogP contribution in [0.25, 0.3) is 16.3 Å². The Kier molecular flexibility index (Phi) is 6.41. The molecule has 3 atom stereocenters. The third-order valence-corrected chi connectivity index (χ3v) is 6.44. The fourth-order valence-corrected chi connectivity index (χ4v) is 4.83. The predicted octanol–water partition coefficient (Wildman–Crippen LogP) is 5.10. The SMILES string of the molecule is COC(=O)C(=[N+]=[N-])C(=O)[C@H]1[C@H](c2ccccc2)ON(c2ccccc2)[C@H]1c1cccc2ccccc12. The maximum Gasteiger partial charge on any atom is 0.441 e. The molecule has 0 N–H and O–H groups in total. The van der Waals surface area contributed by atoms with Crippen molar-refractivity contribution in [1.82, 2.24) is 0 Å². The Balaban J connectivity index is 1.76. The lowest BCUT2D eigenvalue weighted by atomic mass is 9.80. The number of carbonyl (C=O) groups is 2. The second kappa shape index (κ2) is 9.96. The highest BCUT2D eigenvalue weighted by Crippen LogP contribution is 2.50. The zero-order valence-electron chi connectivity index (χ0n) is 19.5. The lowest BCUT2D eigenvalue weighted by Gasteiger charge is -2.27. The van der Waals surface area contributed by atoms with Crippen LogP contribution in [0.2, 0.25) is 0 Å². The van der Waals surface area contributed by atoms with Gasteiger partial charge in [0, 0.05) is 0 Å². The first kappa shape index (κ1) is 23.2. The molecule has 5 rings (SSSR count). The van der Waals surface area contributed by atoms with Crippen LogP contribution in [0.3, 0.4) is 0 Å². The number of nitrogens with zero attached hydrogens (tertiary/aromatic N) is 3. The number of ketones is 1. The number of para-hydroxylation sites is 1. The highest BCUT2D eigenvalue weighted by Gasteiger charge is 2.54. The van der Waals surface area contributed by atoms with Crippen molar-refractivity contribution in [2.24, 2.45) is 5.92 Å². The van der Waals surface area contributed by atoms with Gasteiger partial charge in [0.25, 0.3) is 5.78 Å². The van der Waals surface area contributed by atoms with Gasteiger partial charge in [0.15, 0.2) is 0 Å². The van der Waals surface area contributed by atoms with Crippen LogP contribution < -0.4 is 5.06 Å². The molecule has 178 valence electrons. The first-order valence-electron chi connectivity index (χ1n) is 11.5. The van der Waals surface area contributed by atoms with Crippen molar-refractivity contribution in [2.75, 3.05) is 12.2 Å². The number of fused-ring (bicyclic) bond motifs is 1. The van der Waals surface area contributed by atoms with Crippen LogP contribution in [-0.2, 0) is 19.2 Å². The first-order valence-corrected chi connectivity index (χ1v) is 11.5. The third kappa shape index (κ3) is 4.07. The molecule has 0 spiro atoms. The van der Waals surface area contributed by atoms with Crippen molar-refractivity contribution < 1.29 is 24.0 Å². The maximum atomic E-state index is 14.0. The van der Waals surface area contributed by atoms with Crippen LogP contribution >= 0.6 is 0 Å². The summed E-state index contributed by atoms with van der Waals surface area (Å²) >= 11 is 0. The molecule has 7 nitrogen and oxygen atoms in total. The van der Waals surface area contributed by atoms with E-state index in [1.54, 1.807) is 5.06 Å². The molecule has 0 bridgehead atoms. The van der Waals surface area contributed by atoms with Gasteiger partial charge in [0.1, 0.15) is 6.10 Å². The fraction of sp³-hybridized carbons (Fsp3) is 0.138. The maximum absolute atomic E-state index is 14.0. The zero-order chi connectivity index (χ0) is 25.1. The van der Waals surface area contributed by atoms with E-state index >= 15 is 0 Å². The molecule has 1 heterocycles. The number of methoxy groups -OCH3 is 1. The monoisotopic (exact) mass is 477 g/mol. The Morgan fingerprint density at radius 1 is 0.861 bits per heavy atom. The summed E-state index contributed by atoms with van der Waals surface area (Å²) in [7, 11) is 1.14. The largest absolute Gasteiger partial charge is 0.460 e. The Labute approximate surface area is 208 Å². The molecule has 1 saturated heterocycles. The molecule has 4 aromatic carbocycles. The number of hydroxylamine groups is 1. The van der Waals surface area contributed by atoms with E-state index < -0.39 is 35.5 Å². The average Bonchev–Trinajstić information content (AvgIpc) is 3.34. The van der Waals surface area contributed by atoms with E-state index in [-0.39, 0.29) is 0 Å². The van der Waals surface area contributed by atoms with Gasteiger partial charge in [-0.1, -0.05) is 91.0 Å². The van der Waals surface area contributed by atoms with E-state index in [9.17, 15) is 15.1 Å². The van der Waals surface area contributed by atoms with Gasteiger partial charge in [-0.15, -0.1) is 0 Å². The van der Waals surface area contributed by atoms with Gasteiger partial charge in [-0.05, 0) is 34.0 Å². The summed E-state index contributed by atoms with van der Waals surface area (Å²) in [6.07, 6.45) is -0.760. The van der Waals surface area contributed by atoms with Crippen LogP contribution in [0.15, 0.2) is 103 Å². The normalized spacial score (nSPS) is 19.0. The number of esters is 1. The second-order valence-corrected chi connectivity index (χ2v) is 8.44. The zero-order valence-corrected chi connectivity index (χ0v) is 19.5. The summed E-state index contributed by atoms with van der Waals surface area (Å²) in [5.41, 5.74) is 11.3.